The molecule has 3 fully saturated rings. The number of hydrogen-bond donors (Lipinski definition) is 1. The molecule has 2 bridgehead atoms. The second kappa shape index (κ2) is 9.95. The monoisotopic (exact) mass is 508 g/mol. The van der Waals surface area contributed by atoms with Crippen LogP contribution in [0.4, 0.5) is 17.6 Å². The highest BCUT2D eigenvalue weighted by atomic mass is 19.4. The fraction of sp³-hybridized carbons (Fsp3) is 0.577. The zero-order valence-corrected chi connectivity index (χ0v) is 20.4. The number of aromatic nitrogens is 2. The number of nitrogens with zero attached hydrogens (tertiary/aromatic N) is 3. The van der Waals surface area contributed by atoms with Gasteiger partial charge < -0.3 is 10.6 Å². The van der Waals surface area contributed by atoms with Gasteiger partial charge in [0.25, 0.3) is 0 Å². The summed E-state index contributed by atoms with van der Waals surface area (Å²) in [7, 11) is 0. The number of rotatable bonds is 4. The van der Waals surface area contributed by atoms with Gasteiger partial charge in [0.05, 0.1) is 24.5 Å². The van der Waals surface area contributed by atoms with Crippen molar-refractivity contribution in [2.45, 2.75) is 83.1 Å². The molecule has 6 rings (SSSR count). The maximum atomic E-state index is 13.3. The van der Waals surface area contributed by atoms with E-state index in [1.165, 1.54) is 17.7 Å². The summed E-state index contributed by atoms with van der Waals surface area (Å²) in [6.07, 6.45) is 2.28. The molecule has 3 saturated carbocycles. The van der Waals surface area contributed by atoms with Gasteiger partial charge in [0.1, 0.15) is 5.82 Å². The molecule has 2 N–H and O–H groups in total. The fourth-order valence-electron chi connectivity index (χ4n) is 5.77. The fourth-order valence-corrected chi connectivity index (χ4v) is 5.77. The van der Waals surface area contributed by atoms with Crippen molar-refractivity contribution in [2.75, 3.05) is 6.54 Å². The summed E-state index contributed by atoms with van der Waals surface area (Å²) in [6, 6.07) is 6.57. The van der Waals surface area contributed by atoms with Crippen LogP contribution in [0.25, 0.3) is 0 Å². The molecule has 4 aliphatic rings. The molecule has 6 nitrogen and oxygen atoms in total. The second-order valence-electron chi connectivity index (χ2n) is 10.6. The molecule has 2 heterocycles. The summed E-state index contributed by atoms with van der Waals surface area (Å²) < 4.78 is 46.5. The summed E-state index contributed by atoms with van der Waals surface area (Å²) in [5.41, 5.74) is 11.1. The smallest absolute Gasteiger partial charge is 0.336 e. The first kappa shape index (κ1) is 26.3. The Hall–Kier alpha value is -2.75. The largest absolute Gasteiger partial charge is 0.446 e. The number of alkyl halides is 3. The van der Waals surface area contributed by atoms with Gasteiger partial charge in [-0.1, -0.05) is 12.1 Å². The summed E-state index contributed by atoms with van der Waals surface area (Å²) >= 11 is 0. The standard InChI is InChI=1S/C24H31FN4O.C2HF3O/c1-17-20-6-13-28(22(30)14-23-7-10-24(26,11-8-23)12-9-23)16-21(20)29(27-17)15-18-2-4-19(25)5-3-18;3-2(4,5)1-6/h2-5H,6-16,26H2,1H3;1H. The lowest BCUT2D eigenvalue weighted by molar-refractivity contribution is -0.156. The number of hydrogen-bond acceptors (Lipinski definition) is 4. The maximum absolute atomic E-state index is 13.3. The van der Waals surface area contributed by atoms with Crippen molar-refractivity contribution in [3.63, 3.8) is 0 Å². The van der Waals surface area contributed by atoms with Gasteiger partial charge in [0.2, 0.25) is 12.2 Å². The second-order valence-corrected chi connectivity index (χ2v) is 10.6. The van der Waals surface area contributed by atoms with Crippen molar-refractivity contribution < 1.29 is 27.2 Å². The lowest BCUT2D eigenvalue weighted by Crippen LogP contribution is -2.53. The molecule has 196 valence electrons. The number of nitrogens with two attached hydrogens (primary N) is 1. The lowest BCUT2D eigenvalue weighted by Gasteiger charge is -2.52. The molecule has 1 amide bonds. The van der Waals surface area contributed by atoms with Crippen LogP contribution < -0.4 is 5.73 Å². The van der Waals surface area contributed by atoms with Crippen molar-refractivity contribution in [1.82, 2.24) is 14.7 Å². The van der Waals surface area contributed by atoms with Crippen molar-refractivity contribution in [3.8, 4) is 0 Å². The molecule has 0 saturated heterocycles. The lowest BCUT2D eigenvalue weighted by atomic mass is 9.56. The zero-order chi connectivity index (χ0) is 26.1. The first-order valence-corrected chi connectivity index (χ1v) is 12.3. The van der Waals surface area contributed by atoms with Crippen molar-refractivity contribution in [3.05, 3.63) is 52.6 Å². The zero-order valence-electron chi connectivity index (χ0n) is 20.4. The Balaban J connectivity index is 0.000000455. The normalized spacial score (nSPS) is 25.1. The highest BCUT2D eigenvalue weighted by molar-refractivity contribution is 5.77. The molecule has 3 aliphatic carbocycles. The Bertz CT molecular complexity index is 1090. The van der Waals surface area contributed by atoms with Crippen molar-refractivity contribution in [1.29, 1.82) is 0 Å². The van der Waals surface area contributed by atoms with E-state index in [0.29, 0.717) is 19.5 Å². The molecule has 1 aromatic carbocycles. The van der Waals surface area contributed by atoms with Crippen LogP contribution in [0.3, 0.4) is 0 Å². The van der Waals surface area contributed by atoms with E-state index in [2.05, 4.69) is 0 Å². The van der Waals surface area contributed by atoms with Crippen LogP contribution in [0.15, 0.2) is 24.3 Å². The van der Waals surface area contributed by atoms with E-state index in [0.717, 1.165) is 68.4 Å². The minimum Gasteiger partial charge on any atom is -0.336 e. The Labute approximate surface area is 207 Å². The van der Waals surface area contributed by atoms with Crippen LogP contribution in [0.5, 0.6) is 0 Å². The predicted molar refractivity (Wildman–Crippen MR) is 125 cm³/mol. The van der Waals surface area contributed by atoms with Gasteiger partial charge in [-0.3, -0.25) is 14.3 Å². The molecule has 0 spiro atoms. The number of carbonyl (C=O) groups excluding carboxylic acids is 2. The summed E-state index contributed by atoms with van der Waals surface area (Å²) in [4.78, 5) is 24.0. The molecule has 10 heteroatoms. The highest BCUT2D eigenvalue weighted by Gasteiger charge is 2.48. The van der Waals surface area contributed by atoms with Gasteiger partial charge >= 0.3 is 6.18 Å². The van der Waals surface area contributed by atoms with E-state index in [9.17, 15) is 22.4 Å². The van der Waals surface area contributed by atoms with E-state index < -0.39 is 12.5 Å². The van der Waals surface area contributed by atoms with Gasteiger partial charge in [-0.2, -0.15) is 18.3 Å². The van der Waals surface area contributed by atoms with Gasteiger partial charge in [0, 0.05) is 18.5 Å². The summed E-state index contributed by atoms with van der Waals surface area (Å²) in [5, 5.41) is 4.73. The third kappa shape index (κ3) is 5.96. The number of halogens is 4. The summed E-state index contributed by atoms with van der Waals surface area (Å²) in [5.74, 6) is 0.0464. The molecule has 36 heavy (non-hydrogen) atoms. The van der Waals surface area contributed by atoms with Crippen LogP contribution in [0.1, 0.15) is 67.5 Å². The van der Waals surface area contributed by atoms with Crippen LogP contribution in [-0.4, -0.2) is 45.1 Å². The van der Waals surface area contributed by atoms with Crippen molar-refractivity contribution in [2.24, 2.45) is 11.1 Å². The molecular formula is C26H32F4N4O2. The van der Waals surface area contributed by atoms with Gasteiger partial charge in [-0.05, 0) is 80.5 Å². The van der Waals surface area contributed by atoms with Crippen LogP contribution in [0, 0.1) is 18.2 Å². The topological polar surface area (TPSA) is 81.2 Å². The minimum atomic E-state index is -4.64. The van der Waals surface area contributed by atoms with E-state index >= 15 is 0 Å². The predicted octanol–water partition coefficient (Wildman–Crippen LogP) is 4.45. The van der Waals surface area contributed by atoms with E-state index in [1.807, 2.05) is 16.5 Å². The quantitative estimate of drug-likeness (QED) is 0.489. The van der Waals surface area contributed by atoms with Crippen LogP contribution >= 0.6 is 0 Å². The van der Waals surface area contributed by atoms with Gasteiger partial charge in [0.15, 0.2) is 0 Å². The van der Waals surface area contributed by atoms with Crippen molar-refractivity contribution >= 4 is 12.2 Å². The third-order valence-corrected chi connectivity index (χ3v) is 8.06. The number of carbonyl (C=O) groups is 2. The van der Waals surface area contributed by atoms with Gasteiger partial charge in [-0.15, -0.1) is 0 Å². The van der Waals surface area contributed by atoms with Crippen LogP contribution in [-0.2, 0) is 29.1 Å². The average Bonchev–Trinajstić information content (AvgIpc) is 3.16. The maximum Gasteiger partial charge on any atom is 0.446 e. The Morgan fingerprint density at radius 1 is 1.11 bits per heavy atom. The minimum absolute atomic E-state index is 0.0369. The number of aldehydes is 1. The third-order valence-electron chi connectivity index (χ3n) is 8.06. The Morgan fingerprint density at radius 2 is 1.69 bits per heavy atom. The number of benzene rings is 1. The van der Waals surface area contributed by atoms with E-state index in [4.69, 9.17) is 15.6 Å². The van der Waals surface area contributed by atoms with E-state index in [1.54, 1.807) is 12.1 Å². The number of fused-ring (bicyclic) bond motifs is 4. The van der Waals surface area contributed by atoms with E-state index in [-0.39, 0.29) is 22.7 Å². The Morgan fingerprint density at radius 3 is 2.25 bits per heavy atom. The van der Waals surface area contributed by atoms with Gasteiger partial charge in [-0.25, -0.2) is 4.39 Å². The molecular weight excluding hydrogens is 476 g/mol. The average molecular weight is 509 g/mol. The summed E-state index contributed by atoms with van der Waals surface area (Å²) in [6.45, 7) is 4.03. The molecule has 0 unspecified atom stereocenters. The van der Waals surface area contributed by atoms with Crippen LogP contribution in [0.2, 0.25) is 0 Å². The molecule has 0 radical (unpaired) electrons. The number of aryl methyl sites for hydroxylation is 1. The molecule has 2 aromatic rings. The molecule has 1 aliphatic heterocycles. The first-order valence-electron chi connectivity index (χ1n) is 12.3. The Kier molecular flexibility index (Phi) is 7.28. The SMILES string of the molecule is Cc1nn(Cc2ccc(F)cc2)c2c1CCN(C(=O)CC13CCC(N)(CC1)CC3)C2.O=CC(F)(F)F. The highest BCUT2D eigenvalue weighted by Crippen LogP contribution is 2.53. The molecule has 0 atom stereocenters. The first-order chi connectivity index (χ1) is 16.9. The molecule has 1 aromatic heterocycles. The number of amides is 1.